The Hall–Kier alpha value is -2.73. The van der Waals surface area contributed by atoms with E-state index in [1.54, 1.807) is 20.8 Å². The largest absolute Gasteiger partial charge is 0.444 e. The minimum atomic E-state index is -1.01. The molecule has 0 heterocycles. The van der Waals surface area contributed by atoms with Crippen LogP contribution in [0.3, 0.4) is 0 Å². The predicted octanol–water partition coefficient (Wildman–Crippen LogP) is 4.65. The third-order valence-corrected chi connectivity index (χ3v) is 5.97. The second kappa shape index (κ2) is 15.4. The Labute approximate surface area is 220 Å². The van der Waals surface area contributed by atoms with E-state index in [-0.39, 0.29) is 12.5 Å². The topological polar surface area (TPSA) is 112 Å². The number of benzene rings is 1. The molecule has 8 nitrogen and oxygen atoms in total. The van der Waals surface area contributed by atoms with E-state index in [4.69, 9.17) is 4.74 Å². The maximum atomic E-state index is 13.8. The highest BCUT2D eigenvalue weighted by atomic mass is 32.2. The first-order valence-electron chi connectivity index (χ1n) is 12.4. The number of thioether (sulfide) groups is 1. The van der Waals surface area contributed by atoms with Crippen molar-refractivity contribution in [3.63, 3.8) is 0 Å². The maximum absolute atomic E-state index is 13.8. The Morgan fingerprint density at radius 1 is 1.14 bits per heavy atom. The van der Waals surface area contributed by atoms with E-state index in [9.17, 15) is 19.6 Å². The van der Waals surface area contributed by atoms with Crippen LogP contribution in [0, 0.1) is 25.2 Å². The van der Waals surface area contributed by atoms with Crippen LogP contribution in [0.4, 0.5) is 4.79 Å². The fourth-order valence-corrected chi connectivity index (χ4v) is 4.31. The van der Waals surface area contributed by atoms with Crippen LogP contribution in [0.2, 0.25) is 0 Å². The molecule has 36 heavy (non-hydrogen) atoms. The summed E-state index contributed by atoms with van der Waals surface area (Å²) in [7, 11) is 0. The van der Waals surface area contributed by atoms with Gasteiger partial charge in [-0.3, -0.25) is 9.59 Å². The molecule has 3 amide bonds. The monoisotopic (exact) mass is 518 g/mol. The Balaban J connectivity index is 3.40. The summed E-state index contributed by atoms with van der Waals surface area (Å²) in [6.07, 6.45) is 4.34. The molecule has 0 aromatic heterocycles. The molecule has 2 N–H and O–H groups in total. The Morgan fingerprint density at radius 3 is 2.31 bits per heavy atom. The summed E-state index contributed by atoms with van der Waals surface area (Å²) >= 11 is 1.54. The first kappa shape index (κ1) is 31.3. The van der Waals surface area contributed by atoms with Gasteiger partial charge < -0.3 is 20.3 Å². The van der Waals surface area contributed by atoms with Crippen LogP contribution in [0.25, 0.3) is 0 Å². The van der Waals surface area contributed by atoms with E-state index in [0.717, 1.165) is 30.4 Å². The Bertz CT molecular complexity index is 903. The summed E-state index contributed by atoms with van der Waals surface area (Å²) in [6, 6.07) is 5.80. The van der Waals surface area contributed by atoms with Gasteiger partial charge in [0, 0.05) is 6.54 Å². The number of nitrogens with zero attached hydrogens (tertiary/aromatic N) is 2. The number of carbonyl (C=O) groups is 3. The van der Waals surface area contributed by atoms with E-state index < -0.39 is 29.7 Å². The fourth-order valence-electron chi connectivity index (χ4n) is 3.84. The standard InChI is InChI=1S/C27H42N4O4S/c1-8-9-10-13-29-24(32)23(21-17-19(2)16-20(3)18-21)31(14-12-28)25(33)22(11-15-36-7)30-26(34)35-27(4,5)6/h16-18,22-23H,8-11,13-15H2,1-7H3,(H,29,32)(H,30,34). The second-order valence-electron chi connectivity index (χ2n) is 9.93. The summed E-state index contributed by atoms with van der Waals surface area (Å²) in [6.45, 7) is 11.3. The van der Waals surface area contributed by atoms with Crippen LogP contribution in [-0.4, -0.2) is 59.5 Å². The number of alkyl carbamates (subject to hydrolysis) is 1. The normalized spacial score (nSPS) is 12.7. The molecular formula is C27H42N4O4S. The molecule has 0 spiro atoms. The molecule has 200 valence electrons. The molecule has 0 aliphatic rings. The lowest BCUT2D eigenvalue weighted by atomic mass is 9.98. The van der Waals surface area contributed by atoms with Gasteiger partial charge in [0.05, 0.1) is 6.07 Å². The zero-order valence-electron chi connectivity index (χ0n) is 22.8. The van der Waals surface area contributed by atoms with Gasteiger partial charge in [-0.25, -0.2) is 4.79 Å². The van der Waals surface area contributed by atoms with Crippen molar-refractivity contribution >= 4 is 29.7 Å². The average Bonchev–Trinajstić information content (AvgIpc) is 2.77. The van der Waals surface area contributed by atoms with Gasteiger partial charge in [0.15, 0.2) is 0 Å². The van der Waals surface area contributed by atoms with Crippen LogP contribution in [0.15, 0.2) is 18.2 Å². The summed E-state index contributed by atoms with van der Waals surface area (Å²) in [5, 5.41) is 15.2. The van der Waals surface area contributed by atoms with Crippen molar-refractivity contribution < 1.29 is 19.1 Å². The number of amides is 3. The van der Waals surface area contributed by atoms with Crippen molar-refractivity contribution in [2.24, 2.45) is 0 Å². The highest BCUT2D eigenvalue weighted by Crippen LogP contribution is 2.25. The maximum Gasteiger partial charge on any atom is 0.408 e. The van der Waals surface area contributed by atoms with Crippen molar-refractivity contribution in [3.8, 4) is 6.07 Å². The highest BCUT2D eigenvalue weighted by molar-refractivity contribution is 7.98. The number of hydrogen-bond acceptors (Lipinski definition) is 6. The Morgan fingerprint density at radius 2 is 1.78 bits per heavy atom. The molecule has 0 bridgehead atoms. The van der Waals surface area contributed by atoms with Crippen molar-refractivity contribution in [1.82, 2.24) is 15.5 Å². The van der Waals surface area contributed by atoms with Gasteiger partial charge >= 0.3 is 6.09 Å². The molecule has 0 saturated heterocycles. The van der Waals surface area contributed by atoms with Gasteiger partial charge in [0.2, 0.25) is 11.8 Å². The summed E-state index contributed by atoms with van der Waals surface area (Å²) < 4.78 is 5.37. The number of rotatable bonds is 13. The molecule has 0 fully saturated rings. The number of ether oxygens (including phenoxy) is 1. The van der Waals surface area contributed by atoms with Crippen LogP contribution in [-0.2, 0) is 14.3 Å². The van der Waals surface area contributed by atoms with Gasteiger partial charge in [-0.1, -0.05) is 49.1 Å². The number of nitrogens with one attached hydrogen (secondary N) is 2. The van der Waals surface area contributed by atoms with Gasteiger partial charge in [-0.15, -0.1) is 0 Å². The van der Waals surface area contributed by atoms with Crippen molar-refractivity contribution in [2.75, 3.05) is 25.1 Å². The fraction of sp³-hybridized carbons (Fsp3) is 0.630. The number of hydrogen-bond donors (Lipinski definition) is 2. The van der Waals surface area contributed by atoms with Gasteiger partial charge in [0.25, 0.3) is 0 Å². The number of carbonyl (C=O) groups excluding carboxylic acids is 3. The lowest BCUT2D eigenvalue weighted by molar-refractivity contribution is -0.141. The molecular weight excluding hydrogens is 476 g/mol. The first-order valence-corrected chi connectivity index (χ1v) is 13.8. The van der Waals surface area contributed by atoms with E-state index in [2.05, 4.69) is 17.6 Å². The van der Waals surface area contributed by atoms with Crippen LogP contribution < -0.4 is 10.6 Å². The van der Waals surface area contributed by atoms with Crippen molar-refractivity contribution in [1.29, 1.82) is 5.26 Å². The minimum absolute atomic E-state index is 0.301. The van der Waals surface area contributed by atoms with Crippen LogP contribution in [0.5, 0.6) is 0 Å². The molecule has 9 heteroatoms. The number of aryl methyl sites for hydroxylation is 2. The zero-order valence-corrected chi connectivity index (χ0v) is 23.6. The van der Waals surface area contributed by atoms with Gasteiger partial charge in [-0.05, 0) is 65.0 Å². The zero-order chi connectivity index (χ0) is 27.3. The van der Waals surface area contributed by atoms with Crippen LogP contribution in [0.1, 0.15) is 76.1 Å². The predicted molar refractivity (Wildman–Crippen MR) is 145 cm³/mol. The summed E-state index contributed by atoms with van der Waals surface area (Å²) in [5.74, 6) is -0.241. The van der Waals surface area contributed by atoms with E-state index in [1.807, 2.05) is 44.4 Å². The molecule has 1 aromatic carbocycles. The highest BCUT2D eigenvalue weighted by Gasteiger charge is 2.36. The van der Waals surface area contributed by atoms with E-state index >= 15 is 0 Å². The second-order valence-corrected chi connectivity index (χ2v) is 10.9. The molecule has 1 rings (SSSR count). The third kappa shape index (κ3) is 10.9. The van der Waals surface area contributed by atoms with E-state index in [0.29, 0.717) is 24.3 Å². The quantitative estimate of drug-likeness (QED) is 0.290. The lowest BCUT2D eigenvalue weighted by Gasteiger charge is -2.33. The average molecular weight is 519 g/mol. The molecule has 0 saturated carbocycles. The molecule has 2 unspecified atom stereocenters. The molecule has 0 radical (unpaired) electrons. The smallest absolute Gasteiger partial charge is 0.408 e. The summed E-state index contributed by atoms with van der Waals surface area (Å²) in [5.41, 5.74) is 1.79. The summed E-state index contributed by atoms with van der Waals surface area (Å²) in [4.78, 5) is 41.1. The van der Waals surface area contributed by atoms with E-state index in [1.165, 1.54) is 16.7 Å². The molecule has 1 aromatic rings. The molecule has 0 aliphatic carbocycles. The van der Waals surface area contributed by atoms with Gasteiger partial charge in [0.1, 0.15) is 24.2 Å². The van der Waals surface area contributed by atoms with Crippen molar-refractivity contribution in [3.05, 3.63) is 34.9 Å². The molecule has 2 atom stereocenters. The first-order chi connectivity index (χ1) is 16.9. The van der Waals surface area contributed by atoms with Gasteiger partial charge in [-0.2, -0.15) is 17.0 Å². The Kier molecular flexibility index (Phi) is 13.4. The number of unbranched alkanes of at least 4 members (excludes halogenated alkanes) is 2. The van der Waals surface area contributed by atoms with Crippen molar-refractivity contribution in [2.45, 2.75) is 84.9 Å². The third-order valence-electron chi connectivity index (χ3n) is 5.32. The molecule has 0 aliphatic heterocycles. The van der Waals surface area contributed by atoms with Crippen LogP contribution >= 0.6 is 11.8 Å². The minimum Gasteiger partial charge on any atom is -0.444 e. The number of nitriles is 1. The SMILES string of the molecule is CCCCCNC(=O)C(c1cc(C)cc(C)c1)N(CC#N)C(=O)C(CCSC)NC(=O)OC(C)(C)C. The lowest BCUT2D eigenvalue weighted by Crippen LogP contribution is -2.53.